The van der Waals surface area contributed by atoms with Gasteiger partial charge in [0.2, 0.25) is 0 Å². The van der Waals surface area contributed by atoms with E-state index in [0.717, 1.165) is 11.4 Å². The highest BCUT2D eigenvalue weighted by Gasteiger charge is 2.29. The van der Waals surface area contributed by atoms with Crippen LogP contribution < -0.4 is 15.8 Å². The first-order valence-electron chi connectivity index (χ1n) is 8.33. The standard InChI is InChI=1S/C19H23N3O3.HI/c20-18(21-14-19(23)9-11-24-12-10-19)22-15-5-4-8-17(13-15)25-16-6-2-1-3-7-16;/h1-8,13,23H,9-12,14H2,(H3,20,21,22);1H. The molecule has 1 fully saturated rings. The van der Waals surface area contributed by atoms with Gasteiger partial charge in [0, 0.05) is 37.8 Å². The van der Waals surface area contributed by atoms with Gasteiger partial charge in [-0.15, -0.1) is 24.0 Å². The third-order valence-corrected chi connectivity index (χ3v) is 4.05. The molecule has 0 amide bonds. The van der Waals surface area contributed by atoms with E-state index in [0.29, 0.717) is 31.8 Å². The zero-order chi connectivity index (χ0) is 17.5. The number of halogens is 1. The number of nitrogens with zero attached hydrogens (tertiary/aromatic N) is 1. The molecule has 0 aliphatic carbocycles. The first-order chi connectivity index (χ1) is 12.1. The molecule has 0 atom stereocenters. The van der Waals surface area contributed by atoms with Crippen molar-refractivity contribution >= 4 is 35.6 Å². The van der Waals surface area contributed by atoms with Gasteiger partial charge in [0.1, 0.15) is 11.5 Å². The quantitative estimate of drug-likeness (QED) is 0.355. The first-order valence-corrected chi connectivity index (χ1v) is 8.33. The summed E-state index contributed by atoms with van der Waals surface area (Å²) in [5, 5.41) is 13.4. The summed E-state index contributed by atoms with van der Waals surface area (Å²) in [5.74, 6) is 1.73. The highest BCUT2D eigenvalue weighted by molar-refractivity contribution is 14.0. The number of nitrogens with one attached hydrogen (secondary N) is 1. The van der Waals surface area contributed by atoms with E-state index in [-0.39, 0.29) is 36.5 Å². The highest BCUT2D eigenvalue weighted by atomic mass is 127. The lowest BCUT2D eigenvalue weighted by Gasteiger charge is -2.30. The van der Waals surface area contributed by atoms with Crippen LogP contribution in [0.2, 0.25) is 0 Å². The van der Waals surface area contributed by atoms with E-state index < -0.39 is 5.60 Å². The molecule has 3 rings (SSSR count). The van der Waals surface area contributed by atoms with Gasteiger partial charge in [0.05, 0.1) is 12.1 Å². The van der Waals surface area contributed by atoms with Crippen LogP contribution in [0.5, 0.6) is 11.5 Å². The van der Waals surface area contributed by atoms with E-state index in [2.05, 4.69) is 10.3 Å². The molecule has 0 unspecified atom stereocenters. The van der Waals surface area contributed by atoms with Crippen molar-refractivity contribution in [3.8, 4) is 11.5 Å². The van der Waals surface area contributed by atoms with E-state index in [1.54, 1.807) is 0 Å². The number of anilines is 1. The third kappa shape index (κ3) is 6.15. The fourth-order valence-corrected chi connectivity index (χ4v) is 2.59. The lowest BCUT2D eigenvalue weighted by atomic mass is 9.95. The normalized spacial score (nSPS) is 16.4. The third-order valence-electron chi connectivity index (χ3n) is 4.05. The summed E-state index contributed by atoms with van der Waals surface area (Å²) < 4.78 is 11.1. The predicted octanol–water partition coefficient (Wildman–Crippen LogP) is 3.37. The van der Waals surface area contributed by atoms with Crippen LogP contribution >= 0.6 is 24.0 Å². The second kappa shape index (κ2) is 9.75. The van der Waals surface area contributed by atoms with Crippen LogP contribution in [-0.4, -0.2) is 36.4 Å². The Hall–Kier alpha value is -1.84. The molecule has 0 spiro atoms. The Labute approximate surface area is 170 Å². The lowest BCUT2D eigenvalue weighted by Crippen LogP contribution is -2.40. The molecule has 1 aliphatic rings. The van der Waals surface area contributed by atoms with E-state index in [9.17, 15) is 5.11 Å². The number of hydrogen-bond donors (Lipinski definition) is 3. The molecule has 0 aromatic heterocycles. The van der Waals surface area contributed by atoms with Crippen molar-refractivity contribution in [3.05, 3.63) is 54.6 Å². The highest BCUT2D eigenvalue weighted by Crippen LogP contribution is 2.24. The van der Waals surface area contributed by atoms with E-state index in [1.807, 2.05) is 54.6 Å². The molecule has 7 heteroatoms. The number of aliphatic imine (C=N–C) groups is 1. The maximum absolute atomic E-state index is 10.4. The van der Waals surface area contributed by atoms with Gasteiger partial charge in [0.15, 0.2) is 5.96 Å². The smallest absolute Gasteiger partial charge is 0.193 e. The molecule has 2 aromatic rings. The number of hydrogen-bond acceptors (Lipinski definition) is 4. The Balaban J connectivity index is 0.00000243. The van der Waals surface area contributed by atoms with Gasteiger partial charge in [-0.3, -0.25) is 4.99 Å². The molecule has 140 valence electrons. The van der Waals surface area contributed by atoms with Gasteiger partial charge in [-0.2, -0.15) is 0 Å². The van der Waals surface area contributed by atoms with Gasteiger partial charge in [0.25, 0.3) is 0 Å². The minimum atomic E-state index is -0.831. The monoisotopic (exact) mass is 469 g/mol. The molecule has 4 N–H and O–H groups in total. The number of benzene rings is 2. The Morgan fingerprint density at radius 3 is 2.54 bits per heavy atom. The van der Waals surface area contributed by atoms with Crippen molar-refractivity contribution in [1.82, 2.24) is 0 Å². The molecule has 0 radical (unpaired) electrons. The topological polar surface area (TPSA) is 89.1 Å². The lowest BCUT2D eigenvalue weighted by molar-refractivity contribution is -0.0565. The fourth-order valence-electron chi connectivity index (χ4n) is 2.59. The summed E-state index contributed by atoms with van der Waals surface area (Å²) in [4.78, 5) is 4.27. The van der Waals surface area contributed by atoms with Gasteiger partial charge in [-0.05, 0) is 24.3 Å². The Morgan fingerprint density at radius 2 is 1.81 bits per heavy atom. The number of guanidine groups is 1. The van der Waals surface area contributed by atoms with Crippen molar-refractivity contribution in [2.45, 2.75) is 18.4 Å². The van der Waals surface area contributed by atoms with Crippen molar-refractivity contribution < 1.29 is 14.6 Å². The number of aliphatic hydroxyl groups is 1. The molecule has 0 saturated carbocycles. The van der Waals surface area contributed by atoms with Crippen molar-refractivity contribution in [1.29, 1.82) is 0 Å². The minimum absolute atomic E-state index is 0. The van der Waals surface area contributed by atoms with Crippen molar-refractivity contribution in [2.75, 3.05) is 25.1 Å². The summed E-state index contributed by atoms with van der Waals surface area (Å²) in [6, 6.07) is 17.0. The van der Waals surface area contributed by atoms with E-state index in [4.69, 9.17) is 15.2 Å². The van der Waals surface area contributed by atoms with Gasteiger partial charge in [-0.1, -0.05) is 24.3 Å². The zero-order valence-electron chi connectivity index (χ0n) is 14.4. The van der Waals surface area contributed by atoms with Crippen LogP contribution in [0.15, 0.2) is 59.6 Å². The average molecular weight is 469 g/mol. The number of rotatable bonds is 5. The van der Waals surface area contributed by atoms with E-state index >= 15 is 0 Å². The molecule has 1 heterocycles. The zero-order valence-corrected chi connectivity index (χ0v) is 16.8. The molecule has 26 heavy (non-hydrogen) atoms. The fraction of sp³-hybridized carbons (Fsp3) is 0.316. The second-order valence-electron chi connectivity index (χ2n) is 6.11. The molecule has 1 saturated heterocycles. The molecular formula is C19H24IN3O3. The summed E-state index contributed by atoms with van der Waals surface area (Å²) in [6.45, 7) is 1.37. The van der Waals surface area contributed by atoms with Crippen LogP contribution in [0.4, 0.5) is 5.69 Å². The second-order valence-corrected chi connectivity index (χ2v) is 6.11. The number of nitrogens with two attached hydrogens (primary N) is 1. The average Bonchev–Trinajstić information content (AvgIpc) is 2.62. The van der Waals surface area contributed by atoms with Crippen LogP contribution in [0, 0.1) is 0 Å². The van der Waals surface area contributed by atoms with Gasteiger partial charge >= 0.3 is 0 Å². The van der Waals surface area contributed by atoms with Crippen LogP contribution in [-0.2, 0) is 4.74 Å². The SMILES string of the molecule is I.NC(=NCC1(O)CCOCC1)Nc1cccc(Oc2ccccc2)c1. The minimum Gasteiger partial charge on any atom is -0.457 e. The van der Waals surface area contributed by atoms with Crippen LogP contribution in [0.25, 0.3) is 0 Å². The Morgan fingerprint density at radius 1 is 1.12 bits per heavy atom. The number of ether oxygens (including phenoxy) is 2. The molecule has 0 bridgehead atoms. The first kappa shape index (κ1) is 20.5. The molecule has 1 aliphatic heterocycles. The van der Waals surface area contributed by atoms with Crippen LogP contribution in [0.3, 0.4) is 0 Å². The number of para-hydroxylation sites is 1. The Kier molecular flexibility index (Phi) is 7.67. The summed E-state index contributed by atoms with van der Waals surface area (Å²) in [7, 11) is 0. The molecule has 6 nitrogen and oxygen atoms in total. The van der Waals surface area contributed by atoms with E-state index in [1.165, 1.54) is 0 Å². The summed E-state index contributed by atoms with van der Waals surface area (Å²) >= 11 is 0. The van der Waals surface area contributed by atoms with Crippen molar-refractivity contribution in [3.63, 3.8) is 0 Å². The predicted molar refractivity (Wildman–Crippen MR) is 113 cm³/mol. The van der Waals surface area contributed by atoms with Gasteiger partial charge in [-0.25, -0.2) is 0 Å². The Bertz CT molecular complexity index is 719. The summed E-state index contributed by atoms with van der Waals surface area (Å²) in [6.07, 6.45) is 1.15. The maximum Gasteiger partial charge on any atom is 0.193 e. The molecular weight excluding hydrogens is 445 g/mol. The largest absolute Gasteiger partial charge is 0.457 e. The maximum atomic E-state index is 10.4. The summed E-state index contributed by atoms with van der Waals surface area (Å²) in [5.41, 5.74) is 5.88. The van der Waals surface area contributed by atoms with Crippen molar-refractivity contribution in [2.24, 2.45) is 10.7 Å². The van der Waals surface area contributed by atoms with Crippen LogP contribution in [0.1, 0.15) is 12.8 Å². The molecule has 2 aromatic carbocycles. The van der Waals surface area contributed by atoms with Gasteiger partial charge < -0.3 is 25.6 Å².